The van der Waals surface area contributed by atoms with Gasteiger partial charge in [-0.1, -0.05) is 30.3 Å². The van der Waals surface area contributed by atoms with Gasteiger partial charge in [0.05, 0.1) is 6.61 Å². The summed E-state index contributed by atoms with van der Waals surface area (Å²) in [6, 6.07) is 9.50. The van der Waals surface area contributed by atoms with Crippen LogP contribution in [0.2, 0.25) is 0 Å². The molecule has 0 spiro atoms. The third-order valence-corrected chi connectivity index (χ3v) is 2.47. The molecule has 2 atom stereocenters. The van der Waals surface area contributed by atoms with E-state index in [2.05, 4.69) is 0 Å². The first-order valence-electron chi connectivity index (χ1n) is 4.11. The fourth-order valence-corrected chi connectivity index (χ4v) is 1.56. The Hall–Kier alpha value is -0.890. The molecule has 1 aliphatic carbocycles. The van der Waals surface area contributed by atoms with E-state index in [1.54, 1.807) is 0 Å². The Balaban J connectivity index is 2.16. The average molecular weight is 166 g/mol. The van der Waals surface area contributed by atoms with Crippen LogP contribution in [-0.4, -0.2) is 17.4 Å². The number of aliphatic hydroxyl groups is 1. The van der Waals surface area contributed by atoms with E-state index in [-0.39, 0.29) is 12.5 Å². The molecule has 1 aromatic rings. The third-order valence-electron chi connectivity index (χ3n) is 2.47. The van der Waals surface area contributed by atoms with Gasteiger partial charge >= 0.3 is 0 Å². The van der Waals surface area contributed by atoms with E-state index >= 15 is 0 Å². The summed E-state index contributed by atoms with van der Waals surface area (Å²) in [6.07, 6.45) is 0.466. The minimum atomic E-state index is -1.33. The molecular formula is C10H11FO. The Morgan fingerprint density at radius 1 is 1.42 bits per heavy atom. The lowest BCUT2D eigenvalue weighted by atomic mass is 10.1. The van der Waals surface area contributed by atoms with E-state index in [0.717, 1.165) is 5.56 Å². The van der Waals surface area contributed by atoms with Crippen molar-refractivity contribution in [1.82, 2.24) is 0 Å². The van der Waals surface area contributed by atoms with E-state index in [1.165, 1.54) is 0 Å². The highest BCUT2D eigenvalue weighted by atomic mass is 19.1. The quantitative estimate of drug-likeness (QED) is 0.711. The van der Waals surface area contributed by atoms with Gasteiger partial charge in [0.15, 0.2) is 0 Å². The van der Waals surface area contributed by atoms with Gasteiger partial charge in [0.1, 0.15) is 5.67 Å². The predicted octanol–water partition coefficient (Wildman–Crippen LogP) is 1.87. The van der Waals surface area contributed by atoms with Crippen LogP contribution in [-0.2, 0) is 0 Å². The van der Waals surface area contributed by atoms with Crippen LogP contribution in [0.4, 0.5) is 4.39 Å². The van der Waals surface area contributed by atoms with Crippen molar-refractivity contribution in [3.63, 3.8) is 0 Å². The van der Waals surface area contributed by atoms with Gasteiger partial charge < -0.3 is 5.11 Å². The first kappa shape index (κ1) is 7.74. The molecule has 0 unspecified atom stereocenters. The first-order valence-corrected chi connectivity index (χ1v) is 4.11. The standard InChI is InChI=1S/C10H11FO/c11-10(7-12)6-9(10)8-4-2-1-3-5-8/h1-5,9,12H,6-7H2/t9-,10-/m1/s1. The molecule has 2 heteroatoms. The minimum Gasteiger partial charge on any atom is -0.393 e. The highest BCUT2D eigenvalue weighted by molar-refractivity contribution is 5.31. The third kappa shape index (κ3) is 1.12. The SMILES string of the molecule is OC[C@]1(F)C[C@@H]1c1ccccc1. The molecule has 0 radical (unpaired) electrons. The molecule has 64 valence electrons. The predicted molar refractivity (Wildman–Crippen MR) is 44.7 cm³/mol. The summed E-state index contributed by atoms with van der Waals surface area (Å²) in [5.74, 6) is -0.0799. The molecule has 1 fully saturated rings. The molecule has 12 heavy (non-hydrogen) atoms. The summed E-state index contributed by atoms with van der Waals surface area (Å²) in [7, 11) is 0. The van der Waals surface area contributed by atoms with Crippen LogP contribution in [0.25, 0.3) is 0 Å². The molecule has 0 bridgehead atoms. The zero-order valence-electron chi connectivity index (χ0n) is 6.70. The summed E-state index contributed by atoms with van der Waals surface area (Å²) >= 11 is 0. The van der Waals surface area contributed by atoms with Gasteiger partial charge in [-0.2, -0.15) is 0 Å². The van der Waals surface area contributed by atoms with Crippen LogP contribution >= 0.6 is 0 Å². The summed E-state index contributed by atoms with van der Waals surface area (Å²) < 4.78 is 13.3. The van der Waals surface area contributed by atoms with E-state index < -0.39 is 5.67 Å². The zero-order chi connectivity index (χ0) is 8.60. The van der Waals surface area contributed by atoms with Crippen molar-refractivity contribution in [1.29, 1.82) is 0 Å². The molecule has 1 saturated carbocycles. The Morgan fingerprint density at radius 3 is 2.58 bits per heavy atom. The summed E-state index contributed by atoms with van der Waals surface area (Å²) in [4.78, 5) is 0. The van der Waals surface area contributed by atoms with E-state index in [0.29, 0.717) is 6.42 Å². The maximum absolute atomic E-state index is 13.3. The molecule has 1 aromatic carbocycles. The van der Waals surface area contributed by atoms with Gasteiger partial charge in [0.25, 0.3) is 0 Å². The lowest BCUT2D eigenvalue weighted by Crippen LogP contribution is -2.08. The van der Waals surface area contributed by atoms with Crippen LogP contribution in [0.15, 0.2) is 30.3 Å². The van der Waals surface area contributed by atoms with Crippen LogP contribution in [0.1, 0.15) is 17.9 Å². The van der Waals surface area contributed by atoms with Gasteiger partial charge in [-0.05, 0) is 12.0 Å². The van der Waals surface area contributed by atoms with E-state index in [1.807, 2.05) is 30.3 Å². The molecule has 0 heterocycles. The van der Waals surface area contributed by atoms with Crippen LogP contribution < -0.4 is 0 Å². The van der Waals surface area contributed by atoms with Crippen molar-refractivity contribution in [3.05, 3.63) is 35.9 Å². The lowest BCUT2D eigenvalue weighted by Gasteiger charge is -2.02. The van der Waals surface area contributed by atoms with Gasteiger partial charge in [0, 0.05) is 5.92 Å². The van der Waals surface area contributed by atoms with Gasteiger partial charge in [0.2, 0.25) is 0 Å². The van der Waals surface area contributed by atoms with Crippen molar-refractivity contribution >= 4 is 0 Å². The summed E-state index contributed by atoms with van der Waals surface area (Å²) in [6.45, 7) is -0.355. The molecule has 0 aliphatic heterocycles. The van der Waals surface area contributed by atoms with Crippen molar-refractivity contribution in [3.8, 4) is 0 Å². The maximum Gasteiger partial charge on any atom is 0.141 e. The number of rotatable bonds is 2. The second-order valence-electron chi connectivity index (χ2n) is 3.36. The average Bonchev–Trinajstić information content (AvgIpc) is 2.81. The van der Waals surface area contributed by atoms with Crippen LogP contribution in [0.3, 0.4) is 0 Å². The Morgan fingerprint density at radius 2 is 2.08 bits per heavy atom. The number of alkyl halides is 1. The fourth-order valence-electron chi connectivity index (χ4n) is 1.56. The number of halogens is 1. The molecule has 1 N–H and O–H groups in total. The van der Waals surface area contributed by atoms with Gasteiger partial charge in [-0.3, -0.25) is 0 Å². The maximum atomic E-state index is 13.3. The Kier molecular flexibility index (Phi) is 1.65. The van der Waals surface area contributed by atoms with Crippen LogP contribution in [0.5, 0.6) is 0 Å². The van der Waals surface area contributed by atoms with Crippen LogP contribution in [0, 0.1) is 0 Å². The molecule has 2 rings (SSSR count). The monoisotopic (exact) mass is 166 g/mol. The largest absolute Gasteiger partial charge is 0.393 e. The van der Waals surface area contributed by atoms with Crippen molar-refractivity contribution in [2.45, 2.75) is 18.0 Å². The Labute approximate surface area is 70.8 Å². The van der Waals surface area contributed by atoms with Crippen molar-refractivity contribution in [2.24, 2.45) is 0 Å². The second-order valence-corrected chi connectivity index (χ2v) is 3.36. The topological polar surface area (TPSA) is 20.2 Å². The molecule has 1 aliphatic rings. The van der Waals surface area contributed by atoms with E-state index in [9.17, 15) is 4.39 Å². The number of benzene rings is 1. The second kappa shape index (κ2) is 2.56. The highest BCUT2D eigenvalue weighted by Crippen LogP contribution is 2.54. The van der Waals surface area contributed by atoms with Crippen molar-refractivity contribution < 1.29 is 9.50 Å². The van der Waals surface area contributed by atoms with Crippen molar-refractivity contribution in [2.75, 3.05) is 6.61 Å². The fraction of sp³-hybridized carbons (Fsp3) is 0.400. The smallest absolute Gasteiger partial charge is 0.141 e. The lowest BCUT2D eigenvalue weighted by molar-refractivity contribution is 0.155. The highest BCUT2D eigenvalue weighted by Gasteiger charge is 2.55. The number of hydrogen-bond donors (Lipinski definition) is 1. The first-order chi connectivity index (χ1) is 5.76. The summed E-state index contributed by atoms with van der Waals surface area (Å²) in [5, 5.41) is 8.72. The molecule has 0 aromatic heterocycles. The molecule has 0 saturated heterocycles. The van der Waals surface area contributed by atoms with E-state index in [4.69, 9.17) is 5.11 Å². The van der Waals surface area contributed by atoms with Gasteiger partial charge in [-0.25, -0.2) is 4.39 Å². The molecular weight excluding hydrogens is 155 g/mol. The van der Waals surface area contributed by atoms with Gasteiger partial charge in [-0.15, -0.1) is 0 Å². The number of hydrogen-bond acceptors (Lipinski definition) is 1. The summed E-state index contributed by atoms with van der Waals surface area (Å²) in [5.41, 5.74) is -0.337. The molecule has 0 amide bonds. The minimum absolute atomic E-state index is 0.0799. The molecule has 1 nitrogen and oxygen atoms in total. The normalized spacial score (nSPS) is 33.3. The zero-order valence-corrected chi connectivity index (χ0v) is 6.70. The number of aliphatic hydroxyl groups excluding tert-OH is 1. The Bertz CT molecular complexity index is 272.